The van der Waals surface area contributed by atoms with Crippen LogP contribution in [-0.2, 0) is 0 Å². The first-order chi connectivity index (χ1) is 8.04. The van der Waals surface area contributed by atoms with Gasteiger partial charge in [0.1, 0.15) is 6.10 Å². The van der Waals surface area contributed by atoms with Crippen LogP contribution in [-0.4, -0.2) is 33.1 Å². The van der Waals surface area contributed by atoms with Crippen LogP contribution in [0.2, 0.25) is 0 Å². The van der Waals surface area contributed by atoms with Gasteiger partial charge >= 0.3 is 0 Å². The molecule has 4 heteroatoms. The summed E-state index contributed by atoms with van der Waals surface area (Å²) >= 11 is 5.71. The molecule has 0 amide bonds. The van der Waals surface area contributed by atoms with Gasteiger partial charge in [-0.1, -0.05) is 63.5 Å². The number of halogens is 1. The average molecular weight is 267 g/mol. The minimum atomic E-state index is -1.67. The summed E-state index contributed by atoms with van der Waals surface area (Å²) in [6.45, 7) is 1.70. The highest BCUT2D eigenvalue weighted by atomic mass is 35.5. The monoisotopic (exact) mass is 266 g/mol. The standard InChI is InChI=1S/C13H27ClO3/c1-2-3-4-5-6-7-8-9-10-13(14,17)12(16)11-15/h12,15-17H,2-11H2,1H3. The lowest BCUT2D eigenvalue weighted by atomic mass is 10.0. The van der Waals surface area contributed by atoms with Crippen molar-refractivity contribution in [1.29, 1.82) is 0 Å². The molecule has 0 aliphatic heterocycles. The first-order valence-electron chi connectivity index (χ1n) is 6.74. The first kappa shape index (κ1) is 17.2. The van der Waals surface area contributed by atoms with Crippen LogP contribution in [0.15, 0.2) is 0 Å². The highest BCUT2D eigenvalue weighted by Crippen LogP contribution is 2.24. The third kappa shape index (κ3) is 8.83. The van der Waals surface area contributed by atoms with Crippen LogP contribution in [0.1, 0.15) is 64.7 Å². The molecular formula is C13H27ClO3. The van der Waals surface area contributed by atoms with Crippen molar-refractivity contribution >= 4 is 11.6 Å². The van der Waals surface area contributed by atoms with E-state index in [1.165, 1.54) is 32.1 Å². The molecule has 2 unspecified atom stereocenters. The number of aliphatic hydroxyl groups excluding tert-OH is 2. The molecule has 0 fully saturated rings. The Morgan fingerprint density at radius 1 is 1.00 bits per heavy atom. The van der Waals surface area contributed by atoms with Crippen LogP contribution in [0.3, 0.4) is 0 Å². The van der Waals surface area contributed by atoms with Crippen LogP contribution < -0.4 is 0 Å². The topological polar surface area (TPSA) is 60.7 Å². The maximum absolute atomic E-state index is 9.61. The fourth-order valence-electron chi connectivity index (χ4n) is 1.81. The molecule has 0 saturated carbocycles. The average Bonchev–Trinajstić information content (AvgIpc) is 2.31. The van der Waals surface area contributed by atoms with Gasteiger partial charge in [0, 0.05) is 0 Å². The predicted octanol–water partition coefficient (Wildman–Crippen LogP) is 2.80. The van der Waals surface area contributed by atoms with Crippen molar-refractivity contribution in [3.05, 3.63) is 0 Å². The molecule has 2 atom stereocenters. The molecule has 3 nitrogen and oxygen atoms in total. The van der Waals surface area contributed by atoms with E-state index in [2.05, 4.69) is 6.92 Å². The van der Waals surface area contributed by atoms with Gasteiger partial charge < -0.3 is 15.3 Å². The minimum absolute atomic E-state index is 0.325. The Kier molecular flexibility index (Phi) is 10.2. The second kappa shape index (κ2) is 10.1. The van der Waals surface area contributed by atoms with Crippen LogP contribution >= 0.6 is 11.6 Å². The van der Waals surface area contributed by atoms with Gasteiger partial charge in [0.25, 0.3) is 0 Å². The maximum Gasteiger partial charge on any atom is 0.166 e. The van der Waals surface area contributed by atoms with E-state index in [1.54, 1.807) is 0 Å². The Balaban J connectivity index is 3.38. The number of hydrogen-bond donors (Lipinski definition) is 3. The lowest BCUT2D eigenvalue weighted by molar-refractivity contribution is -0.0462. The molecule has 0 aromatic heterocycles. The minimum Gasteiger partial charge on any atom is -0.394 e. The molecule has 0 spiro atoms. The Hall–Kier alpha value is 0.170. The van der Waals surface area contributed by atoms with Gasteiger partial charge in [-0.05, 0) is 12.8 Å². The summed E-state index contributed by atoms with van der Waals surface area (Å²) in [6.07, 6.45) is 8.39. The smallest absolute Gasteiger partial charge is 0.166 e. The number of rotatable bonds is 11. The molecule has 3 N–H and O–H groups in total. The number of alkyl halides is 1. The van der Waals surface area contributed by atoms with Crippen LogP contribution in [0.5, 0.6) is 0 Å². The summed E-state index contributed by atoms with van der Waals surface area (Å²) in [6, 6.07) is 0. The van der Waals surface area contributed by atoms with Gasteiger partial charge in [0.2, 0.25) is 0 Å². The van der Waals surface area contributed by atoms with Crippen molar-refractivity contribution in [2.75, 3.05) is 6.61 Å². The second-order valence-electron chi connectivity index (χ2n) is 4.74. The molecule has 0 bridgehead atoms. The highest BCUT2D eigenvalue weighted by molar-refractivity contribution is 6.23. The number of hydrogen-bond acceptors (Lipinski definition) is 3. The normalized spacial score (nSPS) is 16.8. The van der Waals surface area contributed by atoms with Crippen molar-refractivity contribution < 1.29 is 15.3 Å². The third-order valence-electron chi connectivity index (χ3n) is 3.06. The Bertz CT molecular complexity index is 174. The lowest BCUT2D eigenvalue weighted by Crippen LogP contribution is -2.39. The van der Waals surface area contributed by atoms with Gasteiger partial charge in [-0.3, -0.25) is 0 Å². The Morgan fingerprint density at radius 3 is 1.94 bits per heavy atom. The number of unbranched alkanes of at least 4 members (excludes halogenated alkanes) is 7. The van der Waals surface area contributed by atoms with E-state index in [9.17, 15) is 10.2 Å². The zero-order valence-corrected chi connectivity index (χ0v) is 11.6. The maximum atomic E-state index is 9.61. The lowest BCUT2D eigenvalue weighted by Gasteiger charge is -2.25. The van der Waals surface area contributed by atoms with Crippen molar-refractivity contribution in [3.8, 4) is 0 Å². The molecule has 104 valence electrons. The number of aliphatic hydroxyl groups is 3. The molecule has 0 aromatic carbocycles. The Labute approximate surface area is 110 Å². The molecule has 0 saturated heterocycles. The van der Waals surface area contributed by atoms with Crippen LogP contribution in [0.4, 0.5) is 0 Å². The zero-order valence-electron chi connectivity index (χ0n) is 10.9. The molecule has 17 heavy (non-hydrogen) atoms. The van der Waals surface area contributed by atoms with Gasteiger partial charge in [-0.25, -0.2) is 0 Å². The van der Waals surface area contributed by atoms with E-state index in [1.807, 2.05) is 0 Å². The van der Waals surface area contributed by atoms with Gasteiger partial charge in [-0.2, -0.15) is 0 Å². The summed E-state index contributed by atoms with van der Waals surface area (Å²) in [7, 11) is 0. The van der Waals surface area contributed by atoms with Crippen molar-refractivity contribution in [2.45, 2.75) is 75.9 Å². The SMILES string of the molecule is CCCCCCCCCCC(O)(Cl)C(O)CO. The molecule has 0 aliphatic rings. The summed E-state index contributed by atoms with van der Waals surface area (Å²) in [4.78, 5) is 0. The molecule has 0 aromatic rings. The van der Waals surface area contributed by atoms with Crippen molar-refractivity contribution in [2.24, 2.45) is 0 Å². The van der Waals surface area contributed by atoms with Gasteiger partial charge in [0.05, 0.1) is 6.61 Å². The first-order valence-corrected chi connectivity index (χ1v) is 7.12. The predicted molar refractivity (Wildman–Crippen MR) is 71.1 cm³/mol. The molecule has 0 aliphatic carbocycles. The molecule has 0 rings (SSSR count). The van der Waals surface area contributed by atoms with Gasteiger partial charge in [0.15, 0.2) is 5.06 Å². The third-order valence-corrected chi connectivity index (χ3v) is 3.51. The summed E-state index contributed by atoms with van der Waals surface area (Å²) in [5, 5.41) is 25.9. The fraction of sp³-hybridized carbons (Fsp3) is 1.00. The van der Waals surface area contributed by atoms with Crippen molar-refractivity contribution in [1.82, 2.24) is 0 Å². The highest BCUT2D eigenvalue weighted by Gasteiger charge is 2.31. The quantitative estimate of drug-likeness (QED) is 0.398. The van der Waals surface area contributed by atoms with Crippen LogP contribution in [0, 0.1) is 0 Å². The fourth-order valence-corrected chi connectivity index (χ4v) is 2.02. The Morgan fingerprint density at radius 2 is 1.47 bits per heavy atom. The van der Waals surface area contributed by atoms with E-state index >= 15 is 0 Å². The molecular weight excluding hydrogens is 240 g/mol. The van der Waals surface area contributed by atoms with E-state index in [0.717, 1.165) is 19.3 Å². The largest absolute Gasteiger partial charge is 0.394 e. The van der Waals surface area contributed by atoms with Crippen molar-refractivity contribution in [3.63, 3.8) is 0 Å². The molecule has 0 radical (unpaired) electrons. The van der Waals surface area contributed by atoms with E-state index in [0.29, 0.717) is 6.42 Å². The van der Waals surface area contributed by atoms with E-state index in [4.69, 9.17) is 16.7 Å². The van der Waals surface area contributed by atoms with E-state index in [-0.39, 0.29) is 0 Å². The zero-order chi connectivity index (χ0) is 13.1. The summed E-state index contributed by atoms with van der Waals surface area (Å²) < 4.78 is 0. The van der Waals surface area contributed by atoms with E-state index < -0.39 is 17.8 Å². The summed E-state index contributed by atoms with van der Waals surface area (Å²) in [5.41, 5.74) is 0. The second-order valence-corrected chi connectivity index (χ2v) is 5.40. The summed E-state index contributed by atoms with van der Waals surface area (Å²) in [5.74, 6) is 0. The van der Waals surface area contributed by atoms with Crippen LogP contribution in [0.25, 0.3) is 0 Å². The molecule has 0 heterocycles. The van der Waals surface area contributed by atoms with Gasteiger partial charge in [-0.15, -0.1) is 0 Å².